The lowest BCUT2D eigenvalue weighted by Crippen LogP contribution is -2.28. The highest BCUT2D eigenvalue weighted by molar-refractivity contribution is 5.75. The average molecular weight is 279 g/mol. The Labute approximate surface area is 121 Å². The number of carbonyl (C=O) groups is 1. The zero-order valence-corrected chi connectivity index (χ0v) is 12.3. The summed E-state index contributed by atoms with van der Waals surface area (Å²) in [5.41, 5.74) is 3.36. The normalized spacial score (nSPS) is 13.8. The number of aliphatic hydroxyl groups is 1. The highest BCUT2D eigenvalue weighted by Crippen LogP contribution is 2.14. The Hall–Kier alpha value is -1.39. The first-order valence-electron chi connectivity index (χ1n) is 7.24. The Morgan fingerprint density at radius 3 is 2.70 bits per heavy atom. The monoisotopic (exact) mass is 279 g/mol. The highest BCUT2D eigenvalue weighted by Gasteiger charge is 2.14. The molecule has 0 aliphatic rings. The Balaban J connectivity index is 2.16. The van der Waals surface area contributed by atoms with Gasteiger partial charge in [0.25, 0.3) is 0 Å². The van der Waals surface area contributed by atoms with E-state index in [0.717, 1.165) is 18.4 Å². The second kappa shape index (κ2) is 9.50. The average Bonchev–Trinajstić information content (AvgIpc) is 2.39. The lowest BCUT2D eigenvalue weighted by Gasteiger charge is -2.15. The van der Waals surface area contributed by atoms with Crippen molar-refractivity contribution in [3.8, 4) is 0 Å². The van der Waals surface area contributed by atoms with Gasteiger partial charge >= 0.3 is 0 Å². The molecule has 0 aliphatic carbocycles. The van der Waals surface area contributed by atoms with E-state index < -0.39 is 6.10 Å². The Kier molecular flexibility index (Phi) is 7.92. The van der Waals surface area contributed by atoms with E-state index in [4.69, 9.17) is 4.84 Å². The van der Waals surface area contributed by atoms with Crippen LogP contribution in [-0.4, -0.2) is 17.1 Å². The van der Waals surface area contributed by atoms with Crippen molar-refractivity contribution >= 4 is 5.91 Å². The number of hydroxylamine groups is 1. The first-order chi connectivity index (χ1) is 9.61. The van der Waals surface area contributed by atoms with E-state index in [9.17, 15) is 9.90 Å². The molecule has 1 amide bonds. The van der Waals surface area contributed by atoms with E-state index in [1.54, 1.807) is 0 Å². The van der Waals surface area contributed by atoms with Gasteiger partial charge < -0.3 is 5.11 Å². The third-order valence-corrected chi connectivity index (χ3v) is 3.14. The highest BCUT2D eigenvalue weighted by atomic mass is 16.6. The predicted octanol–water partition coefficient (Wildman–Crippen LogP) is 2.81. The van der Waals surface area contributed by atoms with E-state index in [-0.39, 0.29) is 12.3 Å². The van der Waals surface area contributed by atoms with Gasteiger partial charge in [-0.05, 0) is 17.9 Å². The molecular weight excluding hydrogens is 254 g/mol. The summed E-state index contributed by atoms with van der Waals surface area (Å²) in [6.45, 7) is 4.54. The van der Waals surface area contributed by atoms with Crippen LogP contribution in [-0.2, 0) is 16.2 Å². The SMILES string of the molecule is CCC[C@@H](C)C[C@@H](O)CC(=O)NOCc1ccccc1. The number of amides is 1. The molecule has 0 bridgehead atoms. The maximum Gasteiger partial charge on any atom is 0.246 e. The minimum absolute atomic E-state index is 0.0862. The van der Waals surface area contributed by atoms with Crippen LogP contribution in [0.15, 0.2) is 30.3 Å². The quantitative estimate of drug-likeness (QED) is 0.683. The van der Waals surface area contributed by atoms with Gasteiger partial charge in [-0.1, -0.05) is 57.0 Å². The number of hydrogen-bond acceptors (Lipinski definition) is 3. The molecule has 0 radical (unpaired) electrons. The predicted molar refractivity (Wildman–Crippen MR) is 78.7 cm³/mol. The number of aliphatic hydroxyl groups excluding tert-OH is 1. The summed E-state index contributed by atoms with van der Waals surface area (Å²) in [7, 11) is 0. The molecule has 0 fully saturated rings. The van der Waals surface area contributed by atoms with Crippen LogP contribution >= 0.6 is 0 Å². The molecule has 0 saturated carbocycles. The topological polar surface area (TPSA) is 58.6 Å². The molecule has 0 aromatic heterocycles. The minimum atomic E-state index is -0.600. The van der Waals surface area contributed by atoms with Crippen molar-refractivity contribution in [1.82, 2.24) is 5.48 Å². The first-order valence-corrected chi connectivity index (χ1v) is 7.24. The second-order valence-corrected chi connectivity index (χ2v) is 5.29. The van der Waals surface area contributed by atoms with Crippen LogP contribution in [0.4, 0.5) is 0 Å². The van der Waals surface area contributed by atoms with E-state index in [2.05, 4.69) is 19.3 Å². The van der Waals surface area contributed by atoms with E-state index in [1.165, 1.54) is 0 Å². The lowest BCUT2D eigenvalue weighted by atomic mass is 9.97. The van der Waals surface area contributed by atoms with Crippen molar-refractivity contribution < 1.29 is 14.7 Å². The fourth-order valence-electron chi connectivity index (χ4n) is 2.19. The summed E-state index contributed by atoms with van der Waals surface area (Å²) in [6.07, 6.45) is 2.31. The molecule has 0 aliphatic heterocycles. The summed E-state index contributed by atoms with van der Waals surface area (Å²) in [6, 6.07) is 9.61. The fraction of sp³-hybridized carbons (Fsp3) is 0.562. The van der Waals surface area contributed by atoms with Crippen LogP contribution in [0.3, 0.4) is 0 Å². The fourth-order valence-corrected chi connectivity index (χ4v) is 2.19. The molecule has 0 unspecified atom stereocenters. The van der Waals surface area contributed by atoms with Gasteiger partial charge in [-0.3, -0.25) is 9.63 Å². The molecule has 4 heteroatoms. The van der Waals surface area contributed by atoms with Crippen LogP contribution < -0.4 is 5.48 Å². The van der Waals surface area contributed by atoms with Crippen LogP contribution in [0, 0.1) is 5.92 Å². The lowest BCUT2D eigenvalue weighted by molar-refractivity contribution is -0.136. The maximum atomic E-state index is 11.6. The molecule has 0 spiro atoms. The van der Waals surface area contributed by atoms with Gasteiger partial charge in [0.2, 0.25) is 5.91 Å². The van der Waals surface area contributed by atoms with E-state index in [0.29, 0.717) is 18.9 Å². The Bertz CT molecular complexity index is 381. The zero-order chi connectivity index (χ0) is 14.8. The van der Waals surface area contributed by atoms with Gasteiger partial charge in [0.05, 0.1) is 19.1 Å². The molecule has 20 heavy (non-hydrogen) atoms. The molecule has 2 atom stereocenters. The molecule has 112 valence electrons. The van der Waals surface area contributed by atoms with Crippen LogP contribution in [0.5, 0.6) is 0 Å². The van der Waals surface area contributed by atoms with Crippen molar-refractivity contribution in [1.29, 1.82) is 0 Å². The molecule has 0 saturated heterocycles. The van der Waals surface area contributed by atoms with Gasteiger partial charge in [0, 0.05) is 0 Å². The van der Waals surface area contributed by atoms with E-state index in [1.807, 2.05) is 30.3 Å². The zero-order valence-electron chi connectivity index (χ0n) is 12.3. The molecule has 1 rings (SSSR count). The van der Waals surface area contributed by atoms with Crippen LogP contribution in [0.2, 0.25) is 0 Å². The number of carbonyl (C=O) groups excluding carboxylic acids is 1. The van der Waals surface area contributed by atoms with Gasteiger partial charge in [-0.2, -0.15) is 0 Å². The van der Waals surface area contributed by atoms with Crippen LogP contribution in [0.25, 0.3) is 0 Å². The second-order valence-electron chi connectivity index (χ2n) is 5.29. The van der Waals surface area contributed by atoms with E-state index >= 15 is 0 Å². The Morgan fingerprint density at radius 2 is 2.05 bits per heavy atom. The first kappa shape index (κ1) is 16.7. The summed E-state index contributed by atoms with van der Waals surface area (Å²) in [4.78, 5) is 16.7. The van der Waals surface area contributed by atoms with Crippen molar-refractivity contribution in [3.63, 3.8) is 0 Å². The summed E-state index contributed by atoms with van der Waals surface area (Å²) in [5, 5.41) is 9.82. The van der Waals surface area contributed by atoms with Crippen molar-refractivity contribution in [3.05, 3.63) is 35.9 Å². The largest absolute Gasteiger partial charge is 0.393 e. The molecule has 1 aromatic carbocycles. The molecule has 1 aromatic rings. The maximum absolute atomic E-state index is 11.6. The molecule has 2 N–H and O–H groups in total. The van der Waals surface area contributed by atoms with Crippen molar-refractivity contribution in [2.45, 2.75) is 52.2 Å². The Morgan fingerprint density at radius 1 is 1.35 bits per heavy atom. The van der Waals surface area contributed by atoms with Gasteiger partial charge in [0.1, 0.15) is 0 Å². The van der Waals surface area contributed by atoms with Gasteiger partial charge in [-0.15, -0.1) is 0 Å². The number of rotatable bonds is 9. The standard InChI is InChI=1S/C16H25NO3/c1-3-7-13(2)10-15(18)11-16(19)17-20-12-14-8-5-4-6-9-14/h4-6,8-9,13,15,18H,3,7,10-12H2,1-2H3,(H,17,19)/t13-,15-/m1/s1. The number of hydrogen-bond donors (Lipinski definition) is 2. The molecular formula is C16H25NO3. The summed E-state index contributed by atoms with van der Waals surface area (Å²) in [5.74, 6) is 0.158. The smallest absolute Gasteiger partial charge is 0.246 e. The summed E-state index contributed by atoms with van der Waals surface area (Å²) < 4.78 is 0. The third-order valence-electron chi connectivity index (χ3n) is 3.14. The molecule has 0 heterocycles. The van der Waals surface area contributed by atoms with Crippen molar-refractivity contribution in [2.24, 2.45) is 5.92 Å². The number of nitrogens with one attached hydrogen (secondary N) is 1. The van der Waals surface area contributed by atoms with Gasteiger partial charge in [0.15, 0.2) is 0 Å². The van der Waals surface area contributed by atoms with Gasteiger partial charge in [-0.25, -0.2) is 5.48 Å². The minimum Gasteiger partial charge on any atom is -0.393 e. The van der Waals surface area contributed by atoms with Crippen LogP contribution in [0.1, 0.15) is 45.1 Å². The summed E-state index contributed by atoms with van der Waals surface area (Å²) >= 11 is 0. The number of benzene rings is 1. The van der Waals surface area contributed by atoms with Crippen molar-refractivity contribution in [2.75, 3.05) is 0 Å². The molecule has 4 nitrogen and oxygen atoms in total. The third kappa shape index (κ3) is 7.26.